The van der Waals surface area contributed by atoms with Crippen molar-refractivity contribution in [1.29, 1.82) is 0 Å². The molecule has 1 saturated carbocycles. The molecule has 2 amide bonds. The van der Waals surface area contributed by atoms with Crippen LogP contribution in [-0.4, -0.2) is 39.3 Å². The van der Waals surface area contributed by atoms with E-state index in [2.05, 4.69) is 12.1 Å². The third-order valence-corrected chi connectivity index (χ3v) is 6.15. The number of aryl methyl sites for hydroxylation is 1. The molecule has 6 nitrogen and oxygen atoms in total. The maximum Gasteiger partial charge on any atom is 0.242 e. The minimum atomic E-state index is -0.0682. The standard InChI is InChI=1S/C26H31N3O3/c1-3-13-28(26(31)24-16-23(24)20-9-5-4-6-10-20)19-25(30)29(18-22-12-8-15-32-22)17-21-11-7-14-27(21)2/h4-12,14-15,23-24H,3,13,16-19H2,1-2H3. The lowest BCUT2D eigenvalue weighted by Crippen LogP contribution is -2.43. The van der Waals surface area contributed by atoms with Crippen LogP contribution >= 0.6 is 0 Å². The molecule has 32 heavy (non-hydrogen) atoms. The van der Waals surface area contributed by atoms with Crippen molar-refractivity contribution in [2.24, 2.45) is 13.0 Å². The van der Waals surface area contributed by atoms with Crippen molar-refractivity contribution >= 4 is 11.8 Å². The van der Waals surface area contributed by atoms with Crippen LogP contribution in [0.15, 0.2) is 71.5 Å². The van der Waals surface area contributed by atoms with Crippen molar-refractivity contribution < 1.29 is 14.0 Å². The molecule has 1 fully saturated rings. The Morgan fingerprint density at radius 2 is 1.84 bits per heavy atom. The summed E-state index contributed by atoms with van der Waals surface area (Å²) in [4.78, 5) is 30.1. The van der Waals surface area contributed by atoms with Gasteiger partial charge in [0.15, 0.2) is 0 Å². The van der Waals surface area contributed by atoms with Gasteiger partial charge in [-0.3, -0.25) is 9.59 Å². The molecule has 0 aliphatic heterocycles. The number of benzene rings is 1. The van der Waals surface area contributed by atoms with E-state index in [1.54, 1.807) is 16.1 Å². The molecular formula is C26H31N3O3. The largest absolute Gasteiger partial charge is 0.467 e. The number of nitrogens with zero attached hydrogens (tertiary/aromatic N) is 3. The van der Waals surface area contributed by atoms with E-state index in [-0.39, 0.29) is 30.2 Å². The van der Waals surface area contributed by atoms with Crippen LogP contribution in [0.5, 0.6) is 0 Å². The van der Waals surface area contributed by atoms with Crippen molar-refractivity contribution in [3.63, 3.8) is 0 Å². The zero-order valence-corrected chi connectivity index (χ0v) is 18.8. The second-order valence-electron chi connectivity index (χ2n) is 8.56. The second-order valence-corrected chi connectivity index (χ2v) is 8.56. The molecule has 2 heterocycles. The van der Waals surface area contributed by atoms with Gasteiger partial charge in [-0.2, -0.15) is 0 Å². The van der Waals surface area contributed by atoms with Crippen molar-refractivity contribution in [1.82, 2.24) is 14.4 Å². The Morgan fingerprint density at radius 1 is 1.03 bits per heavy atom. The van der Waals surface area contributed by atoms with Gasteiger partial charge in [-0.1, -0.05) is 37.3 Å². The highest BCUT2D eigenvalue weighted by atomic mass is 16.3. The van der Waals surface area contributed by atoms with Crippen LogP contribution in [0.4, 0.5) is 0 Å². The summed E-state index contributed by atoms with van der Waals surface area (Å²) in [6.07, 6.45) is 5.26. The van der Waals surface area contributed by atoms with Crippen LogP contribution in [0.2, 0.25) is 0 Å². The van der Waals surface area contributed by atoms with Gasteiger partial charge in [0.25, 0.3) is 0 Å². The van der Waals surface area contributed by atoms with Crippen molar-refractivity contribution in [3.8, 4) is 0 Å². The molecule has 3 aromatic rings. The van der Waals surface area contributed by atoms with Gasteiger partial charge in [-0.25, -0.2) is 0 Å². The molecule has 0 saturated heterocycles. The van der Waals surface area contributed by atoms with Crippen LogP contribution in [-0.2, 0) is 29.7 Å². The number of amides is 2. The predicted octanol–water partition coefficient (Wildman–Crippen LogP) is 4.19. The molecule has 2 atom stereocenters. The molecule has 168 valence electrons. The van der Waals surface area contributed by atoms with E-state index in [4.69, 9.17) is 4.42 Å². The number of rotatable bonds is 10. The average Bonchev–Trinajstić information content (AvgIpc) is 3.24. The Kier molecular flexibility index (Phi) is 6.78. The maximum absolute atomic E-state index is 13.4. The Balaban J connectivity index is 1.45. The minimum Gasteiger partial charge on any atom is -0.467 e. The molecule has 1 aromatic carbocycles. The number of carbonyl (C=O) groups is 2. The van der Waals surface area contributed by atoms with E-state index in [0.29, 0.717) is 19.6 Å². The zero-order chi connectivity index (χ0) is 22.5. The van der Waals surface area contributed by atoms with E-state index >= 15 is 0 Å². The summed E-state index contributed by atoms with van der Waals surface area (Å²) in [6.45, 7) is 3.56. The minimum absolute atomic E-state index is 0.0249. The first-order valence-corrected chi connectivity index (χ1v) is 11.3. The summed E-state index contributed by atoms with van der Waals surface area (Å²) in [5.41, 5.74) is 2.24. The number of hydrogen-bond acceptors (Lipinski definition) is 3. The highest BCUT2D eigenvalue weighted by Gasteiger charge is 2.45. The fourth-order valence-corrected chi connectivity index (χ4v) is 4.25. The molecule has 4 rings (SSSR count). The molecule has 0 N–H and O–H groups in total. The first-order chi connectivity index (χ1) is 15.6. The highest BCUT2D eigenvalue weighted by molar-refractivity contribution is 5.88. The number of hydrogen-bond donors (Lipinski definition) is 0. The fourth-order valence-electron chi connectivity index (χ4n) is 4.25. The van der Waals surface area contributed by atoms with Gasteiger partial charge in [0, 0.05) is 31.4 Å². The summed E-state index contributed by atoms with van der Waals surface area (Å²) >= 11 is 0. The Labute approximate surface area is 189 Å². The van der Waals surface area contributed by atoms with Crippen molar-refractivity contribution in [2.75, 3.05) is 13.1 Å². The van der Waals surface area contributed by atoms with Gasteiger partial charge < -0.3 is 18.8 Å². The number of aromatic nitrogens is 1. The van der Waals surface area contributed by atoms with E-state index in [9.17, 15) is 9.59 Å². The van der Waals surface area contributed by atoms with Crippen molar-refractivity contribution in [3.05, 3.63) is 84.1 Å². The molecule has 0 spiro atoms. The monoisotopic (exact) mass is 433 g/mol. The normalized spacial score (nSPS) is 17.2. The summed E-state index contributed by atoms with van der Waals surface area (Å²) in [7, 11) is 1.97. The summed E-state index contributed by atoms with van der Waals surface area (Å²) in [6, 6.07) is 17.8. The first kappa shape index (κ1) is 21.9. The van der Waals surface area contributed by atoms with Gasteiger partial charge in [0.05, 0.1) is 25.9 Å². The van der Waals surface area contributed by atoms with Crippen molar-refractivity contribution in [2.45, 2.75) is 38.8 Å². The van der Waals surface area contributed by atoms with E-state index in [1.807, 2.05) is 67.2 Å². The quantitative estimate of drug-likeness (QED) is 0.482. The maximum atomic E-state index is 13.4. The third kappa shape index (κ3) is 5.13. The molecule has 1 aliphatic rings. The van der Waals surface area contributed by atoms with Gasteiger partial charge in [0.2, 0.25) is 11.8 Å². The Hall–Kier alpha value is -3.28. The lowest BCUT2D eigenvalue weighted by atomic mass is 10.1. The van der Waals surface area contributed by atoms with Crippen LogP contribution in [0.25, 0.3) is 0 Å². The van der Waals surface area contributed by atoms with E-state index < -0.39 is 0 Å². The van der Waals surface area contributed by atoms with Crippen LogP contribution in [0.3, 0.4) is 0 Å². The molecular weight excluding hydrogens is 402 g/mol. The number of furan rings is 1. The number of carbonyl (C=O) groups excluding carboxylic acids is 2. The van der Waals surface area contributed by atoms with Crippen LogP contribution in [0.1, 0.15) is 42.7 Å². The Morgan fingerprint density at radius 3 is 2.50 bits per heavy atom. The Bertz CT molecular complexity index is 1030. The molecule has 6 heteroatoms. The SMILES string of the molecule is CCCN(CC(=O)N(Cc1ccco1)Cc1cccn1C)C(=O)C1CC1c1ccccc1. The zero-order valence-electron chi connectivity index (χ0n) is 18.8. The first-order valence-electron chi connectivity index (χ1n) is 11.3. The molecule has 2 aromatic heterocycles. The van der Waals surface area contributed by atoms with E-state index in [1.165, 1.54) is 5.56 Å². The highest BCUT2D eigenvalue weighted by Crippen LogP contribution is 2.48. The van der Waals surface area contributed by atoms with Gasteiger partial charge in [0.1, 0.15) is 5.76 Å². The van der Waals surface area contributed by atoms with E-state index in [0.717, 1.165) is 24.3 Å². The summed E-state index contributed by atoms with van der Waals surface area (Å²) < 4.78 is 7.50. The second kappa shape index (κ2) is 9.90. The fraction of sp³-hybridized carbons (Fsp3) is 0.385. The van der Waals surface area contributed by atoms with Crippen LogP contribution in [0, 0.1) is 5.92 Å². The molecule has 0 radical (unpaired) electrons. The molecule has 0 bridgehead atoms. The smallest absolute Gasteiger partial charge is 0.242 e. The summed E-state index contributed by atoms with van der Waals surface area (Å²) in [5.74, 6) is 0.989. The van der Waals surface area contributed by atoms with Crippen LogP contribution < -0.4 is 0 Å². The predicted molar refractivity (Wildman–Crippen MR) is 123 cm³/mol. The van der Waals surface area contributed by atoms with Gasteiger partial charge in [-0.05, 0) is 48.6 Å². The molecule has 2 unspecified atom stereocenters. The molecule has 1 aliphatic carbocycles. The lowest BCUT2D eigenvalue weighted by molar-refractivity contribution is -0.142. The topological polar surface area (TPSA) is 58.7 Å². The van der Waals surface area contributed by atoms with Gasteiger partial charge >= 0.3 is 0 Å². The average molecular weight is 434 g/mol. The summed E-state index contributed by atoms with van der Waals surface area (Å²) in [5, 5.41) is 0. The lowest BCUT2D eigenvalue weighted by Gasteiger charge is -2.27. The van der Waals surface area contributed by atoms with Gasteiger partial charge in [-0.15, -0.1) is 0 Å². The third-order valence-electron chi connectivity index (χ3n) is 6.15.